The molecule has 0 unspecified atom stereocenters. The lowest BCUT2D eigenvalue weighted by Gasteiger charge is -2.44. The van der Waals surface area contributed by atoms with Crippen LogP contribution in [0.2, 0.25) is 0 Å². The van der Waals surface area contributed by atoms with Crippen molar-refractivity contribution in [2.75, 3.05) is 0 Å². The minimum absolute atomic E-state index is 0.395. The van der Waals surface area contributed by atoms with Crippen LogP contribution >= 0.6 is 0 Å². The van der Waals surface area contributed by atoms with Crippen molar-refractivity contribution < 1.29 is 4.79 Å². The van der Waals surface area contributed by atoms with E-state index in [1.165, 1.54) is 32.1 Å². The smallest absolute Gasteiger partial charge is 0.140 e. The van der Waals surface area contributed by atoms with Gasteiger partial charge in [0, 0.05) is 11.8 Å². The molecule has 4 bridgehead atoms. The van der Waals surface area contributed by atoms with Crippen molar-refractivity contribution >= 4 is 5.78 Å². The molecule has 0 aromatic carbocycles. The standard InChI is InChI=1S/C18H22O/c19-18-16-11-3-1-10(2-4-11)14(16)7-8-15-12-5-6-13(9-12)17(15)18/h1,3,5-6,10-17H,2,4,7-9H2/t10-,11+,12-,13+,14-,15-,16+,17+/m0/s1. The quantitative estimate of drug-likeness (QED) is 0.603. The van der Waals surface area contributed by atoms with E-state index in [1.54, 1.807) is 0 Å². The zero-order valence-electron chi connectivity index (χ0n) is 11.4. The summed E-state index contributed by atoms with van der Waals surface area (Å²) in [5, 5.41) is 0. The first-order valence-electron chi connectivity index (χ1n) is 8.23. The molecule has 3 saturated carbocycles. The largest absolute Gasteiger partial charge is 0.299 e. The molecule has 0 aromatic heterocycles. The molecule has 1 heteroatoms. The third-order valence-corrected chi connectivity index (χ3v) is 7.02. The summed E-state index contributed by atoms with van der Waals surface area (Å²) in [5.41, 5.74) is 0. The summed E-state index contributed by atoms with van der Waals surface area (Å²) in [6, 6.07) is 0. The fraction of sp³-hybridized carbons (Fsp3) is 0.722. The molecule has 0 N–H and O–H groups in total. The van der Waals surface area contributed by atoms with E-state index in [1.807, 2.05) is 0 Å². The van der Waals surface area contributed by atoms with Crippen molar-refractivity contribution in [1.82, 2.24) is 0 Å². The van der Waals surface area contributed by atoms with E-state index >= 15 is 0 Å². The first-order valence-corrected chi connectivity index (χ1v) is 8.23. The van der Waals surface area contributed by atoms with Gasteiger partial charge in [0.05, 0.1) is 0 Å². The highest BCUT2D eigenvalue weighted by molar-refractivity contribution is 5.86. The Morgan fingerprint density at radius 2 is 1.26 bits per heavy atom. The van der Waals surface area contributed by atoms with Crippen LogP contribution in [0.3, 0.4) is 0 Å². The molecule has 6 aliphatic carbocycles. The normalized spacial score (nSPS) is 57.2. The molecule has 0 saturated heterocycles. The van der Waals surface area contributed by atoms with Gasteiger partial charge in [-0.05, 0) is 67.6 Å². The van der Waals surface area contributed by atoms with Crippen LogP contribution in [0.4, 0.5) is 0 Å². The summed E-state index contributed by atoms with van der Waals surface area (Å²) in [6.07, 6.45) is 16.1. The molecule has 0 spiro atoms. The highest BCUT2D eigenvalue weighted by Gasteiger charge is 2.55. The molecule has 6 rings (SSSR count). The van der Waals surface area contributed by atoms with E-state index < -0.39 is 0 Å². The number of carbonyl (C=O) groups is 1. The van der Waals surface area contributed by atoms with E-state index in [0.717, 1.165) is 11.8 Å². The van der Waals surface area contributed by atoms with Gasteiger partial charge in [-0.25, -0.2) is 0 Å². The second kappa shape index (κ2) is 3.62. The second-order valence-corrected chi connectivity index (χ2v) is 7.60. The SMILES string of the molecule is O=C1[C@H]2[C@@H](CC[C@@H]3[C@H]1[C@@H]1C=C[C@H]3C1)[C@H]1C=C[C@@H]2CC1. The Morgan fingerprint density at radius 1 is 0.684 bits per heavy atom. The van der Waals surface area contributed by atoms with Gasteiger partial charge in [0.1, 0.15) is 5.78 Å². The Labute approximate surface area is 115 Å². The Bertz CT molecular complexity index is 488. The topological polar surface area (TPSA) is 17.1 Å². The summed E-state index contributed by atoms with van der Waals surface area (Å²) in [6.45, 7) is 0. The molecule has 1 nitrogen and oxygen atoms in total. The first kappa shape index (κ1) is 10.9. The molecule has 0 amide bonds. The maximum absolute atomic E-state index is 13.2. The molecule has 0 heterocycles. The van der Waals surface area contributed by atoms with Gasteiger partial charge in [0.2, 0.25) is 0 Å². The van der Waals surface area contributed by atoms with Gasteiger partial charge in [0.15, 0.2) is 0 Å². The molecule has 0 aromatic rings. The maximum Gasteiger partial charge on any atom is 0.140 e. The van der Waals surface area contributed by atoms with Crippen LogP contribution in [0.15, 0.2) is 24.3 Å². The third-order valence-electron chi connectivity index (χ3n) is 7.02. The van der Waals surface area contributed by atoms with Gasteiger partial charge in [-0.3, -0.25) is 4.79 Å². The fourth-order valence-electron chi connectivity index (χ4n) is 6.27. The predicted octanol–water partition coefficient (Wildman–Crippen LogP) is 3.62. The van der Waals surface area contributed by atoms with E-state index in [4.69, 9.17) is 0 Å². The highest BCUT2D eigenvalue weighted by Crippen LogP contribution is 2.58. The lowest BCUT2D eigenvalue weighted by molar-refractivity contribution is -0.133. The summed E-state index contributed by atoms with van der Waals surface area (Å²) < 4.78 is 0. The monoisotopic (exact) mass is 254 g/mol. The van der Waals surface area contributed by atoms with Crippen LogP contribution in [-0.2, 0) is 4.79 Å². The molecular formula is C18H22O. The van der Waals surface area contributed by atoms with Crippen molar-refractivity contribution in [3.8, 4) is 0 Å². The van der Waals surface area contributed by atoms with Gasteiger partial charge in [0.25, 0.3) is 0 Å². The number of hydrogen-bond acceptors (Lipinski definition) is 1. The number of fused-ring (bicyclic) bond motifs is 6. The average molecular weight is 254 g/mol. The van der Waals surface area contributed by atoms with Gasteiger partial charge in [-0.1, -0.05) is 24.3 Å². The molecule has 0 radical (unpaired) electrons. The Hall–Kier alpha value is -0.850. The number of ketones is 1. The van der Waals surface area contributed by atoms with Crippen LogP contribution in [0, 0.1) is 47.3 Å². The van der Waals surface area contributed by atoms with Gasteiger partial charge >= 0.3 is 0 Å². The van der Waals surface area contributed by atoms with Gasteiger partial charge < -0.3 is 0 Å². The Kier molecular flexibility index (Phi) is 2.07. The summed E-state index contributed by atoms with van der Waals surface area (Å²) >= 11 is 0. The minimum Gasteiger partial charge on any atom is -0.299 e. The third kappa shape index (κ3) is 1.29. The first-order chi connectivity index (χ1) is 9.33. The molecule has 19 heavy (non-hydrogen) atoms. The van der Waals surface area contributed by atoms with Crippen LogP contribution in [0.25, 0.3) is 0 Å². The minimum atomic E-state index is 0.395. The van der Waals surface area contributed by atoms with Gasteiger partial charge in [-0.2, -0.15) is 0 Å². The number of Topliss-reactive ketones (excluding diaryl/α,β-unsaturated/α-hetero) is 1. The molecule has 0 aliphatic heterocycles. The second-order valence-electron chi connectivity index (χ2n) is 7.60. The van der Waals surface area contributed by atoms with Gasteiger partial charge in [-0.15, -0.1) is 0 Å². The maximum atomic E-state index is 13.2. The zero-order valence-corrected chi connectivity index (χ0v) is 11.4. The predicted molar refractivity (Wildman–Crippen MR) is 74.3 cm³/mol. The van der Waals surface area contributed by atoms with E-state index in [-0.39, 0.29) is 0 Å². The lowest BCUT2D eigenvalue weighted by Crippen LogP contribution is -2.43. The summed E-state index contributed by atoms with van der Waals surface area (Å²) in [5.74, 6) is 5.52. The Morgan fingerprint density at radius 3 is 2.05 bits per heavy atom. The van der Waals surface area contributed by atoms with Crippen molar-refractivity contribution in [3.63, 3.8) is 0 Å². The van der Waals surface area contributed by atoms with Crippen molar-refractivity contribution in [1.29, 1.82) is 0 Å². The lowest BCUT2D eigenvalue weighted by atomic mass is 9.59. The average Bonchev–Trinajstić information content (AvgIpc) is 3.01. The fourth-order valence-corrected chi connectivity index (χ4v) is 6.27. The van der Waals surface area contributed by atoms with E-state index in [9.17, 15) is 4.79 Å². The van der Waals surface area contributed by atoms with Crippen molar-refractivity contribution in [2.24, 2.45) is 47.3 Å². The number of hydrogen-bond donors (Lipinski definition) is 0. The van der Waals surface area contributed by atoms with Crippen molar-refractivity contribution in [2.45, 2.75) is 32.1 Å². The zero-order chi connectivity index (χ0) is 12.6. The van der Waals surface area contributed by atoms with Crippen LogP contribution in [-0.4, -0.2) is 5.78 Å². The highest BCUT2D eigenvalue weighted by atomic mass is 16.1. The van der Waals surface area contributed by atoms with E-state index in [2.05, 4.69) is 24.3 Å². The molecule has 3 fully saturated rings. The van der Waals surface area contributed by atoms with Crippen LogP contribution in [0.1, 0.15) is 32.1 Å². The number of carbonyl (C=O) groups excluding carboxylic acids is 1. The molecule has 100 valence electrons. The molecule has 6 aliphatic rings. The molecule has 8 atom stereocenters. The number of rotatable bonds is 0. The number of allylic oxidation sites excluding steroid dienone is 4. The summed E-state index contributed by atoms with van der Waals surface area (Å²) in [4.78, 5) is 13.2. The molecular weight excluding hydrogens is 232 g/mol. The Balaban J connectivity index is 1.56. The summed E-state index contributed by atoms with van der Waals surface area (Å²) in [7, 11) is 0. The van der Waals surface area contributed by atoms with Crippen molar-refractivity contribution in [3.05, 3.63) is 24.3 Å². The van der Waals surface area contributed by atoms with E-state index in [0.29, 0.717) is 41.3 Å². The van der Waals surface area contributed by atoms with Crippen LogP contribution < -0.4 is 0 Å². The van der Waals surface area contributed by atoms with Crippen LogP contribution in [0.5, 0.6) is 0 Å².